The van der Waals surface area contributed by atoms with Crippen molar-refractivity contribution in [3.05, 3.63) is 98.6 Å². The highest BCUT2D eigenvalue weighted by Crippen LogP contribution is 2.19. The van der Waals surface area contributed by atoms with Crippen molar-refractivity contribution < 1.29 is 14.3 Å². The second kappa shape index (κ2) is 12.8. The van der Waals surface area contributed by atoms with Crippen LogP contribution in [-0.2, 0) is 22.6 Å². The molecule has 5 nitrogen and oxygen atoms in total. The molecular formula is C27H28ClIN2O3. The van der Waals surface area contributed by atoms with E-state index in [1.165, 1.54) is 0 Å². The summed E-state index contributed by atoms with van der Waals surface area (Å²) >= 11 is 8.41. The van der Waals surface area contributed by atoms with Gasteiger partial charge in [0.2, 0.25) is 5.91 Å². The van der Waals surface area contributed by atoms with E-state index in [1.54, 1.807) is 11.0 Å². The molecule has 0 aliphatic carbocycles. The second-order valence-corrected chi connectivity index (χ2v) is 9.95. The van der Waals surface area contributed by atoms with Gasteiger partial charge < -0.3 is 15.0 Å². The number of benzene rings is 3. The Balaban J connectivity index is 1.90. The molecule has 7 heteroatoms. The summed E-state index contributed by atoms with van der Waals surface area (Å²) in [5.74, 6) is 0.115. The highest BCUT2D eigenvalue weighted by atomic mass is 127. The first kappa shape index (κ1) is 26.0. The van der Waals surface area contributed by atoms with Crippen molar-refractivity contribution in [1.29, 1.82) is 0 Å². The molecule has 0 radical (unpaired) electrons. The van der Waals surface area contributed by atoms with Crippen LogP contribution in [0.15, 0.2) is 78.9 Å². The molecule has 3 aromatic rings. The van der Waals surface area contributed by atoms with Crippen LogP contribution in [0, 0.1) is 3.57 Å². The van der Waals surface area contributed by atoms with Gasteiger partial charge in [0.15, 0.2) is 6.61 Å². The summed E-state index contributed by atoms with van der Waals surface area (Å²) in [6.45, 7) is 3.86. The molecule has 0 aromatic heterocycles. The lowest BCUT2D eigenvalue weighted by Gasteiger charge is -2.32. The SMILES string of the molecule is CC(C)NC(=O)C(Cc1ccccc1)N(Cc1cccc(Cl)c1)C(=O)COc1ccc(I)cc1. The molecule has 0 saturated carbocycles. The number of nitrogens with zero attached hydrogens (tertiary/aromatic N) is 1. The van der Waals surface area contributed by atoms with Crippen molar-refractivity contribution >= 4 is 46.0 Å². The first-order valence-corrected chi connectivity index (χ1v) is 12.5. The van der Waals surface area contributed by atoms with E-state index < -0.39 is 6.04 Å². The molecule has 0 aliphatic rings. The van der Waals surface area contributed by atoms with E-state index in [9.17, 15) is 9.59 Å². The van der Waals surface area contributed by atoms with Crippen LogP contribution in [0.2, 0.25) is 5.02 Å². The Bertz CT molecular complexity index is 1090. The van der Waals surface area contributed by atoms with E-state index in [-0.39, 0.29) is 31.0 Å². The third-order valence-corrected chi connectivity index (χ3v) is 6.07. The van der Waals surface area contributed by atoms with E-state index in [0.717, 1.165) is 14.7 Å². The standard InChI is InChI=1S/C27H28ClIN2O3/c1-19(2)30-27(33)25(16-20-7-4-3-5-8-20)31(17-21-9-6-10-22(28)15-21)26(32)18-34-24-13-11-23(29)12-14-24/h3-15,19,25H,16-18H2,1-2H3,(H,30,33). The van der Waals surface area contributed by atoms with Crippen LogP contribution < -0.4 is 10.1 Å². The molecule has 3 aromatic carbocycles. The Labute approximate surface area is 219 Å². The molecule has 0 heterocycles. The minimum atomic E-state index is -0.711. The molecule has 0 bridgehead atoms. The van der Waals surface area contributed by atoms with Crippen molar-refractivity contribution in [2.75, 3.05) is 6.61 Å². The number of carbonyl (C=O) groups excluding carboxylic acids is 2. The smallest absolute Gasteiger partial charge is 0.261 e. The molecule has 178 valence electrons. The molecule has 3 rings (SSSR count). The van der Waals surface area contributed by atoms with E-state index in [0.29, 0.717) is 17.2 Å². The van der Waals surface area contributed by atoms with Gasteiger partial charge in [-0.25, -0.2) is 0 Å². The summed E-state index contributed by atoms with van der Waals surface area (Å²) in [5.41, 5.74) is 1.80. The molecule has 1 atom stereocenters. The van der Waals surface area contributed by atoms with Gasteiger partial charge in [0.05, 0.1) is 0 Å². The topological polar surface area (TPSA) is 58.6 Å². The maximum Gasteiger partial charge on any atom is 0.261 e. The normalized spacial score (nSPS) is 11.7. The number of carbonyl (C=O) groups is 2. The molecule has 0 spiro atoms. The highest BCUT2D eigenvalue weighted by molar-refractivity contribution is 14.1. The summed E-state index contributed by atoms with van der Waals surface area (Å²) in [7, 11) is 0. The minimum absolute atomic E-state index is 0.0584. The van der Waals surface area contributed by atoms with Gasteiger partial charge in [0.1, 0.15) is 11.8 Å². The van der Waals surface area contributed by atoms with Gasteiger partial charge in [-0.15, -0.1) is 0 Å². The van der Waals surface area contributed by atoms with Gasteiger partial charge in [-0.2, -0.15) is 0 Å². The number of hydrogen-bond donors (Lipinski definition) is 1. The Hall–Kier alpha value is -2.58. The number of hydrogen-bond acceptors (Lipinski definition) is 3. The number of amides is 2. The van der Waals surface area contributed by atoms with Gasteiger partial charge in [0, 0.05) is 27.6 Å². The summed E-state index contributed by atoms with van der Waals surface area (Å²) in [6, 6.07) is 23.7. The predicted octanol–water partition coefficient (Wildman–Crippen LogP) is 5.49. The van der Waals surface area contributed by atoms with Crippen LogP contribution in [0.1, 0.15) is 25.0 Å². The summed E-state index contributed by atoms with van der Waals surface area (Å²) in [4.78, 5) is 28.4. The molecule has 34 heavy (non-hydrogen) atoms. The number of rotatable bonds is 10. The van der Waals surface area contributed by atoms with Gasteiger partial charge >= 0.3 is 0 Å². The lowest BCUT2D eigenvalue weighted by Crippen LogP contribution is -2.52. The maximum atomic E-state index is 13.5. The molecule has 1 unspecified atom stereocenters. The molecule has 0 saturated heterocycles. The van der Waals surface area contributed by atoms with Gasteiger partial charge in [-0.05, 0) is 84.0 Å². The van der Waals surface area contributed by atoms with E-state index in [1.807, 2.05) is 86.6 Å². The second-order valence-electron chi connectivity index (χ2n) is 8.26. The number of halogens is 2. The average Bonchev–Trinajstić information content (AvgIpc) is 2.81. The van der Waals surface area contributed by atoms with Gasteiger partial charge in [-0.1, -0.05) is 54.1 Å². The fourth-order valence-electron chi connectivity index (χ4n) is 3.53. The quantitative estimate of drug-likeness (QED) is 0.318. The Morgan fingerprint density at radius 2 is 1.65 bits per heavy atom. The molecule has 1 N–H and O–H groups in total. The summed E-state index contributed by atoms with van der Waals surface area (Å²) < 4.78 is 6.85. The zero-order valence-electron chi connectivity index (χ0n) is 19.2. The fourth-order valence-corrected chi connectivity index (χ4v) is 4.10. The Morgan fingerprint density at radius 3 is 2.29 bits per heavy atom. The molecular weight excluding hydrogens is 563 g/mol. The van der Waals surface area contributed by atoms with Crippen LogP contribution >= 0.6 is 34.2 Å². The zero-order valence-corrected chi connectivity index (χ0v) is 22.1. The van der Waals surface area contributed by atoms with E-state index in [2.05, 4.69) is 27.9 Å². The molecule has 0 aliphatic heterocycles. The van der Waals surface area contributed by atoms with Gasteiger partial charge in [-0.3, -0.25) is 9.59 Å². The number of ether oxygens (including phenoxy) is 1. The minimum Gasteiger partial charge on any atom is -0.484 e. The summed E-state index contributed by atoms with van der Waals surface area (Å²) in [6.07, 6.45) is 0.384. The third kappa shape index (κ3) is 8.02. The number of nitrogens with one attached hydrogen (secondary N) is 1. The van der Waals surface area contributed by atoms with Crippen LogP contribution in [0.25, 0.3) is 0 Å². The lowest BCUT2D eigenvalue weighted by molar-refractivity contribution is -0.143. The fraction of sp³-hybridized carbons (Fsp3) is 0.259. The van der Waals surface area contributed by atoms with Crippen LogP contribution in [0.5, 0.6) is 5.75 Å². The van der Waals surface area contributed by atoms with Crippen LogP contribution in [0.4, 0.5) is 0 Å². The summed E-state index contributed by atoms with van der Waals surface area (Å²) in [5, 5.41) is 3.55. The highest BCUT2D eigenvalue weighted by Gasteiger charge is 2.31. The van der Waals surface area contributed by atoms with Crippen molar-refractivity contribution in [2.45, 2.75) is 38.9 Å². The lowest BCUT2D eigenvalue weighted by atomic mass is 10.0. The first-order chi connectivity index (χ1) is 16.3. The molecule has 0 fully saturated rings. The van der Waals surface area contributed by atoms with Crippen molar-refractivity contribution in [1.82, 2.24) is 10.2 Å². The van der Waals surface area contributed by atoms with E-state index in [4.69, 9.17) is 16.3 Å². The predicted molar refractivity (Wildman–Crippen MR) is 144 cm³/mol. The average molecular weight is 591 g/mol. The van der Waals surface area contributed by atoms with Crippen LogP contribution in [-0.4, -0.2) is 35.4 Å². The Kier molecular flexibility index (Phi) is 9.77. The Morgan fingerprint density at radius 1 is 0.971 bits per heavy atom. The van der Waals surface area contributed by atoms with Crippen molar-refractivity contribution in [3.63, 3.8) is 0 Å². The molecule has 2 amide bonds. The van der Waals surface area contributed by atoms with E-state index >= 15 is 0 Å². The third-order valence-electron chi connectivity index (χ3n) is 5.12. The zero-order chi connectivity index (χ0) is 24.5. The first-order valence-electron chi connectivity index (χ1n) is 11.1. The van der Waals surface area contributed by atoms with Crippen molar-refractivity contribution in [2.24, 2.45) is 0 Å². The van der Waals surface area contributed by atoms with Crippen LogP contribution in [0.3, 0.4) is 0 Å². The monoisotopic (exact) mass is 590 g/mol. The maximum absolute atomic E-state index is 13.5. The largest absolute Gasteiger partial charge is 0.484 e. The van der Waals surface area contributed by atoms with Crippen molar-refractivity contribution in [3.8, 4) is 5.75 Å². The van der Waals surface area contributed by atoms with Gasteiger partial charge in [0.25, 0.3) is 5.91 Å².